The molecule has 9 nitrogen and oxygen atoms in total. The number of nitrogens with two attached hydrogens (primary N) is 1. The van der Waals surface area contributed by atoms with Crippen molar-refractivity contribution in [2.24, 2.45) is 21.7 Å². The second-order valence-corrected chi connectivity index (χ2v) is 10.4. The number of para-hydroxylation sites is 1. The van der Waals surface area contributed by atoms with Gasteiger partial charge in [0.1, 0.15) is 11.4 Å². The molecule has 1 atom stereocenters. The molecule has 4 rings (SSSR count). The van der Waals surface area contributed by atoms with Gasteiger partial charge in [-0.3, -0.25) is 4.90 Å². The third-order valence-corrected chi connectivity index (χ3v) is 7.03. The van der Waals surface area contributed by atoms with Gasteiger partial charge in [-0.2, -0.15) is 18.3 Å². The van der Waals surface area contributed by atoms with Crippen LogP contribution in [0.5, 0.6) is 5.75 Å². The summed E-state index contributed by atoms with van der Waals surface area (Å²) in [6.45, 7) is 8.09. The molecule has 1 aromatic heterocycles. The molecule has 2 N–H and O–H groups in total. The highest BCUT2D eigenvalue weighted by atomic mass is 31.0. The zero-order chi connectivity index (χ0) is 28.2. The number of alkyl halides is 3. The van der Waals surface area contributed by atoms with E-state index in [-0.39, 0.29) is 25.0 Å². The molecule has 1 fully saturated rings. The van der Waals surface area contributed by atoms with Crippen LogP contribution in [0.25, 0.3) is 5.70 Å². The Morgan fingerprint density at radius 3 is 2.59 bits per heavy atom. The zero-order valence-corrected chi connectivity index (χ0v) is 23.3. The summed E-state index contributed by atoms with van der Waals surface area (Å²) in [5.74, 6) is 1.60. The topological polar surface area (TPSA) is 95.5 Å². The molecule has 1 unspecified atom stereocenters. The number of fused-ring (bicyclic) bond motifs is 1. The lowest BCUT2D eigenvalue weighted by molar-refractivity contribution is -0.137. The number of piperidine rings is 1. The number of guanidine groups is 1. The SMILES string of the molecule is C=C1c2cccc(OC)c2N=C(N)N1/N=C(\C)CN(CCC(F)(F)F)CC1CCN(c2ncc(P)cn2)CC1. The van der Waals surface area contributed by atoms with E-state index < -0.39 is 12.6 Å². The van der Waals surface area contributed by atoms with E-state index in [1.807, 2.05) is 17.0 Å². The first-order valence-electron chi connectivity index (χ1n) is 12.7. The van der Waals surface area contributed by atoms with E-state index in [0.29, 0.717) is 35.3 Å². The molecule has 0 spiro atoms. The number of benzene rings is 1. The van der Waals surface area contributed by atoms with E-state index >= 15 is 0 Å². The van der Waals surface area contributed by atoms with Crippen LogP contribution in [0.15, 0.2) is 47.3 Å². The Morgan fingerprint density at radius 1 is 1.26 bits per heavy atom. The van der Waals surface area contributed by atoms with Gasteiger partial charge in [0.25, 0.3) is 0 Å². The lowest BCUT2D eigenvalue weighted by atomic mass is 9.96. The molecular weight excluding hydrogens is 528 g/mol. The normalized spacial score (nSPS) is 16.9. The van der Waals surface area contributed by atoms with Crippen molar-refractivity contribution in [2.45, 2.75) is 32.4 Å². The zero-order valence-electron chi connectivity index (χ0n) is 22.2. The monoisotopic (exact) mass is 562 g/mol. The van der Waals surface area contributed by atoms with Gasteiger partial charge in [0, 0.05) is 61.7 Å². The number of aromatic nitrogens is 2. The van der Waals surface area contributed by atoms with Crippen LogP contribution < -0.4 is 20.7 Å². The Hall–Kier alpha value is -3.24. The van der Waals surface area contributed by atoms with Gasteiger partial charge in [0.05, 0.1) is 19.2 Å². The molecular formula is C26H34F3N8OP. The Balaban J connectivity index is 1.43. The third-order valence-electron chi connectivity index (χ3n) is 6.74. The van der Waals surface area contributed by atoms with Gasteiger partial charge in [-0.05, 0) is 31.7 Å². The van der Waals surface area contributed by atoms with Crippen molar-refractivity contribution in [3.63, 3.8) is 0 Å². The number of anilines is 1. The molecule has 3 heterocycles. The Morgan fingerprint density at radius 2 is 1.95 bits per heavy atom. The summed E-state index contributed by atoms with van der Waals surface area (Å²) in [5, 5.41) is 6.93. The van der Waals surface area contributed by atoms with Crippen LogP contribution in [0.1, 0.15) is 31.7 Å². The average Bonchev–Trinajstić information content (AvgIpc) is 2.90. The van der Waals surface area contributed by atoms with Crippen molar-refractivity contribution in [3.05, 3.63) is 42.7 Å². The van der Waals surface area contributed by atoms with Crippen LogP contribution in [0, 0.1) is 5.92 Å². The van der Waals surface area contributed by atoms with Crippen molar-refractivity contribution in [3.8, 4) is 5.75 Å². The molecule has 2 aromatic rings. The summed E-state index contributed by atoms with van der Waals surface area (Å²) in [4.78, 5) is 17.1. The molecule has 2 aliphatic heterocycles. The fourth-order valence-corrected chi connectivity index (χ4v) is 4.93. The summed E-state index contributed by atoms with van der Waals surface area (Å²) in [7, 11) is 4.11. The predicted molar refractivity (Wildman–Crippen MR) is 152 cm³/mol. The highest BCUT2D eigenvalue weighted by molar-refractivity contribution is 7.27. The molecule has 0 amide bonds. The first kappa shape index (κ1) is 28.8. The number of methoxy groups -OCH3 is 1. The van der Waals surface area contributed by atoms with Crippen molar-refractivity contribution < 1.29 is 17.9 Å². The molecule has 0 bridgehead atoms. The molecule has 2 aliphatic rings. The molecule has 39 heavy (non-hydrogen) atoms. The highest BCUT2D eigenvalue weighted by Crippen LogP contribution is 2.39. The fraction of sp³-hybridized carbons (Fsp3) is 0.462. The van der Waals surface area contributed by atoms with Crippen molar-refractivity contribution in [1.29, 1.82) is 0 Å². The number of ether oxygens (including phenoxy) is 1. The maximum absolute atomic E-state index is 13.1. The number of nitrogens with zero attached hydrogens (tertiary/aromatic N) is 7. The van der Waals surface area contributed by atoms with Crippen LogP contribution in [0.4, 0.5) is 24.8 Å². The second-order valence-electron chi connectivity index (χ2n) is 9.77. The summed E-state index contributed by atoms with van der Waals surface area (Å²) in [6.07, 6.45) is 0.0568. The molecule has 0 radical (unpaired) electrons. The van der Waals surface area contributed by atoms with Crippen LogP contribution in [-0.4, -0.2) is 77.6 Å². The van der Waals surface area contributed by atoms with E-state index in [1.54, 1.807) is 32.5 Å². The number of aliphatic imine (C=N–C) groups is 1. The number of hydrazone groups is 1. The second kappa shape index (κ2) is 12.3. The standard InChI is InChI=1S/C26H34F3N8OP/c1-17(34-37-18(2)21-5-4-6-22(38-3)23(21)33-24(37)30)15-35(12-9-26(27,28)29)16-19-7-10-36(11-8-19)25-31-13-20(39)14-32-25/h4-6,13-14,19H,2,7-12,15-16,39H2,1,3H3,(H2,30,33)/b34-17+. The van der Waals surface area contributed by atoms with Crippen LogP contribution in [0.2, 0.25) is 0 Å². The number of hydrogen-bond donors (Lipinski definition) is 1. The lowest BCUT2D eigenvalue weighted by Crippen LogP contribution is -2.42. The van der Waals surface area contributed by atoms with Gasteiger partial charge < -0.3 is 15.4 Å². The highest BCUT2D eigenvalue weighted by Gasteiger charge is 2.30. The van der Waals surface area contributed by atoms with Gasteiger partial charge in [0.15, 0.2) is 0 Å². The quantitative estimate of drug-likeness (QED) is 0.367. The largest absolute Gasteiger partial charge is 0.494 e. The van der Waals surface area contributed by atoms with Gasteiger partial charge in [-0.15, -0.1) is 9.24 Å². The number of halogens is 3. The summed E-state index contributed by atoms with van der Waals surface area (Å²) < 4.78 is 44.8. The number of hydrogen-bond acceptors (Lipinski definition) is 9. The maximum Gasteiger partial charge on any atom is 0.390 e. The summed E-state index contributed by atoms with van der Waals surface area (Å²) in [5.41, 5.74) is 8.60. The van der Waals surface area contributed by atoms with E-state index in [2.05, 4.69) is 40.8 Å². The van der Waals surface area contributed by atoms with Gasteiger partial charge >= 0.3 is 6.18 Å². The average molecular weight is 563 g/mol. The minimum atomic E-state index is -4.24. The third kappa shape index (κ3) is 7.45. The van der Waals surface area contributed by atoms with Gasteiger partial charge in [-0.25, -0.2) is 20.0 Å². The molecule has 210 valence electrons. The maximum atomic E-state index is 13.1. The van der Waals surface area contributed by atoms with Crippen LogP contribution in [-0.2, 0) is 0 Å². The molecule has 0 saturated carbocycles. The van der Waals surface area contributed by atoms with E-state index in [0.717, 1.165) is 36.8 Å². The summed E-state index contributed by atoms with van der Waals surface area (Å²) in [6, 6.07) is 5.45. The van der Waals surface area contributed by atoms with Crippen LogP contribution >= 0.6 is 9.24 Å². The molecule has 0 aliphatic carbocycles. The van der Waals surface area contributed by atoms with Crippen molar-refractivity contribution >= 4 is 43.5 Å². The molecule has 1 aromatic carbocycles. The molecule has 13 heteroatoms. The Kier molecular flexibility index (Phi) is 9.07. The Labute approximate surface area is 228 Å². The smallest absolute Gasteiger partial charge is 0.390 e. The fourth-order valence-electron chi connectivity index (χ4n) is 4.78. The van der Waals surface area contributed by atoms with Crippen molar-refractivity contribution in [1.82, 2.24) is 19.9 Å². The summed E-state index contributed by atoms with van der Waals surface area (Å²) >= 11 is 0. The first-order chi connectivity index (χ1) is 18.5. The number of rotatable bonds is 9. The van der Waals surface area contributed by atoms with Crippen LogP contribution in [0.3, 0.4) is 0 Å². The van der Waals surface area contributed by atoms with E-state index in [1.165, 1.54) is 5.01 Å². The van der Waals surface area contributed by atoms with Gasteiger partial charge in [0.2, 0.25) is 11.9 Å². The van der Waals surface area contributed by atoms with E-state index in [4.69, 9.17) is 10.5 Å². The molecule has 1 saturated heterocycles. The predicted octanol–water partition coefficient (Wildman–Crippen LogP) is 3.77. The Bertz CT molecular complexity index is 1230. The van der Waals surface area contributed by atoms with Crippen molar-refractivity contribution in [2.75, 3.05) is 44.7 Å². The lowest BCUT2D eigenvalue weighted by Gasteiger charge is -2.35. The minimum Gasteiger partial charge on any atom is -0.494 e. The van der Waals surface area contributed by atoms with Gasteiger partial charge in [-0.1, -0.05) is 18.7 Å². The minimum absolute atomic E-state index is 0.111. The first-order valence-corrected chi connectivity index (χ1v) is 13.3. The van der Waals surface area contributed by atoms with E-state index in [9.17, 15) is 13.2 Å².